The third kappa shape index (κ3) is 10.4. The van der Waals surface area contributed by atoms with Gasteiger partial charge in [-0.05, 0) is 235 Å². The van der Waals surface area contributed by atoms with Gasteiger partial charge in [-0.15, -0.1) is 0 Å². The SMILES string of the molecule is C=C(CC(C)C1CC(CC2CC2)CC(C2CC(CC3CC(c4ccc5ccccc5c4)CC4C(C)C(CC)CCC34)C(=C)C(C(C)C)C2C)C1C)C1CC(CC)CC(c2ccc3ccccc3c2)C1. The molecule has 0 aliphatic heterocycles. The largest absolute Gasteiger partial charge is 0.0996 e. The number of rotatable bonds is 14. The van der Waals surface area contributed by atoms with E-state index in [-0.39, 0.29) is 0 Å². The highest BCUT2D eigenvalue weighted by Crippen LogP contribution is 2.60. The van der Waals surface area contributed by atoms with Crippen LogP contribution in [0.25, 0.3) is 21.5 Å². The van der Waals surface area contributed by atoms with Gasteiger partial charge in [0.25, 0.3) is 0 Å². The molecule has 0 spiro atoms. The molecule has 0 N–H and O–H groups in total. The molecule has 0 amide bonds. The van der Waals surface area contributed by atoms with E-state index in [0.717, 1.165) is 76.9 Å². The maximum absolute atomic E-state index is 5.19. The second-order valence-corrected chi connectivity index (χ2v) is 26.5. The van der Waals surface area contributed by atoms with Crippen LogP contribution in [0.4, 0.5) is 0 Å². The summed E-state index contributed by atoms with van der Waals surface area (Å²) in [7, 11) is 0. The molecule has 372 valence electrons. The zero-order chi connectivity index (χ0) is 48.1. The summed E-state index contributed by atoms with van der Waals surface area (Å²) in [4.78, 5) is 0. The number of allylic oxidation sites excluding steroid dienone is 2. The van der Waals surface area contributed by atoms with E-state index >= 15 is 0 Å². The molecular weight excluding hydrogens is 829 g/mol. The average molecular weight is 926 g/mol. The summed E-state index contributed by atoms with van der Waals surface area (Å²) in [6.45, 7) is 31.1. The second-order valence-electron chi connectivity index (χ2n) is 26.5. The summed E-state index contributed by atoms with van der Waals surface area (Å²) in [5.74, 6) is 15.6. The lowest BCUT2D eigenvalue weighted by atomic mass is 9.50. The van der Waals surface area contributed by atoms with Crippen LogP contribution in [-0.4, -0.2) is 0 Å². The van der Waals surface area contributed by atoms with Crippen molar-refractivity contribution in [2.75, 3.05) is 0 Å². The molecule has 6 fully saturated rings. The van der Waals surface area contributed by atoms with Gasteiger partial charge in [-0.3, -0.25) is 0 Å². The third-order valence-corrected chi connectivity index (χ3v) is 22.4. The Morgan fingerprint density at radius 3 is 1.78 bits per heavy atom. The number of benzene rings is 4. The zero-order valence-electron chi connectivity index (χ0n) is 45.1. The van der Waals surface area contributed by atoms with Gasteiger partial charge < -0.3 is 0 Å². The molecule has 10 rings (SSSR count). The first-order chi connectivity index (χ1) is 33.4. The van der Waals surface area contributed by atoms with Crippen molar-refractivity contribution in [3.63, 3.8) is 0 Å². The van der Waals surface area contributed by atoms with Gasteiger partial charge in [0, 0.05) is 0 Å². The van der Waals surface area contributed by atoms with Gasteiger partial charge in [0.2, 0.25) is 0 Å². The number of hydrogen-bond acceptors (Lipinski definition) is 0. The lowest BCUT2D eigenvalue weighted by molar-refractivity contribution is -0.0222. The summed E-state index contributed by atoms with van der Waals surface area (Å²) in [5, 5.41) is 5.59. The van der Waals surface area contributed by atoms with Gasteiger partial charge in [-0.25, -0.2) is 0 Å². The minimum Gasteiger partial charge on any atom is -0.0996 e. The van der Waals surface area contributed by atoms with E-state index < -0.39 is 0 Å². The van der Waals surface area contributed by atoms with Crippen molar-refractivity contribution in [3.05, 3.63) is 120 Å². The molecule has 69 heavy (non-hydrogen) atoms. The molecule has 0 nitrogen and oxygen atoms in total. The molecule has 4 aromatic rings. The quantitative estimate of drug-likeness (QED) is 0.111. The molecule has 6 aliphatic carbocycles. The summed E-state index contributed by atoms with van der Waals surface area (Å²) in [5.41, 5.74) is 6.44. The van der Waals surface area contributed by atoms with E-state index in [0.29, 0.717) is 41.4 Å². The minimum absolute atomic E-state index is 0.638. The van der Waals surface area contributed by atoms with Gasteiger partial charge >= 0.3 is 0 Å². The molecule has 0 saturated heterocycles. The lowest BCUT2D eigenvalue weighted by Crippen LogP contribution is -2.46. The van der Waals surface area contributed by atoms with Crippen molar-refractivity contribution in [2.45, 2.75) is 176 Å². The Kier molecular flexibility index (Phi) is 15.2. The standard InChI is InChI=1S/C69H96/c1-11-49-31-59(37-61(32-49)57-25-23-53-17-13-15-19-55(53)35-57)43(5)29-44(6)65-33-51(30-50-21-22-50)34-66(47(65)9)68-40-60(46(8)69(42(3)4)48(68)10)38-63-39-62(41-67-45(7)52(12-2)27-28-64(63)67)58-26-24-54-18-14-16-20-56(54)36-58/h13-20,23-26,35-36,42,44-45,47-52,59-69H,5,8,11-12,21-22,27-34,37-41H2,1-4,6-7,9-10H3. The smallest absolute Gasteiger partial charge is 0.0152 e. The number of fused-ring (bicyclic) bond motifs is 3. The van der Waals surface area contributed by atoms with Crippen molar-refractivity contribution < 1.29 is 0 Å². The van der Waals surface area contributed by atoms with Crippen molar-refractivity contribution in [1.29, 1.82) is 0 Å². The first kappa shape index (κ1) is 49.5. The molecular formula is C69H96. The van der Waals surface area contributed by atoms with E-state index in [2.05, 4.69) is 140 Å². The van der Waals surface area contributed by atoms with Gasteiger partial charge in [0.15, 0.2) is 0 Å². The minimum atomic E-state index is 0.638. The van der Waals surface area contributed by atoms with Crippen LogP contribution >= 0.6 is 0 Å². The Morgan fingerprint density at radius 1 is 0.536 bits per heavy atom. The van der Waals surface area contributed by atoms with E-state index in [1.807, 2.05) is 0 Å². The molecule has 0 heterocycles. The first-order valence-corrected chi connectivity index (χ1v) is 29.7. The summed E-state index contributed by atoms with van der Waals surface area (Å²) < 4.78 is 0. The van der Waals surface area contributed by atoms with Crippen molar-refractivity contribution in [1.82, 2.24) is 0 Å². The first-order valence-electron chi connectivity index (χ1n) is 29.7. The predicted octanol–water partition coefficient (Wildman–Crippen LogP) is 19.9. The van der Waals surface area contributed by atoms with Crippen molar-refractivity contribution >= 4 is 21.5 Å². The van der Waals surface area contributed by atoms with Crippen LogP contribution < -0.4 is 0 Å². The van der Waals surface area contributed by atoms with Crippen LogP contribution in [0.5, 0.6) is 0 Å². The molecule has 0 radical (unpaired) electrons. The molecule has 0 bridgehead atoms. The van der Waals surface area contributed by atoms with Crippen LogP contribution in [0, 0.1) is 107 Å². The van der Waals surface area contributed by atoms with Crippen LogP contribution in [0.3, 0.4) is 0 Å². The molecule has 18 unspecified atom stereocenters. The molecule has 0 heteroatoms. The normalized spacial score (nSPS) is 38.0. The van der Waals surface area contributed by atoms with E-state index in [1.54, 1.807) is 22.3 Å². The highest BCUT2D eigenvalue weighted by atomic mass is 14.6. The van der Waals surface area contributed by atoms with Crippen molar-refractivity contribution in [3.8, 4) is 0 Å². The van der Waals surface area contributed by atoms with Crippen molar-refractivity contribution in [2.24, 2.45) is 107 Å². The fraction of sp³-hybridized carbons (Fsp3) is 0.652. The fourth-order valence-corrected chi connectivity index (χ4v) is 18.4. The second kappa shape index (κ2) is 21.2. The van der Waals surface area contributed by atoms with Gasteiger partial charge in [-0.2, -0.15) is 0 Å². The molecule has 6 saturated carbocycles. The van der Waals surface area contributed by atoms with Gasteiger partial charge in [0.05, 0.1) is 0 Å². The molecule has 6 aliphatic rings. The molecule has 0 aromatic heterocycles. The van der Waals surface area contributed by atoms with Crippen LogP contribution in [0.15, 0.2) is 109 Å². The van der Waals surface area contributed by atoms with Gasteiger partial charge in [-0.1, -0.05) is 190 Å². The summed E-state index contributed by atoms with van der Waals surface area (Å²) in [6.07, 6.45) is 23.8. The average Bonchev–Trinajstić information content (AvgIpc) is 4.19. The fourth-order valence-electron chi connectivity index (χ4n) is 18.4. The highest BCUT2D eigenvalue weighted by Gasteiger charge is 2.51. The highest BCUT2D eigenvalue weighted by molar-refractivity contribution is 5.84. The lowest BCUT2D eigenvalue weighted by Gasteiger charge is -2.55. The monoisotopic (exact) mass is 925 g/mol. The predicted molar refractivity (Wildman–Crippen MR) is 298 cm³/mol. The Morgan fingerprint density at radius 2 is 1.16 bits per heavy atom. The van der Waals surface area contributed by atoms with E-state index in [1.165, 1.54) is 131 Å². The number of hydrogen-bond donors (Lipinski definition) is 0. The van der Waals surface area contributed by atoms with E-state index in [4.69, 9.17) is 13.2 Å². The van der Waals surface area contributed by atoms with Crippen LogP contribution in [-0.2, 0) is 0 Å². The zero-order valence-corrected chi connectivity index (χ0v) is 45.1. The Hall–Kier alpha value is -3.12. The Balaban J connectivity index is 0.887. The Bertz CT molecular complexity index is 2370. The topological polar surface area (TPSA) is 0 Å². The maximum Gasteiger partial charge on any atom is -0.0152 e. The molecule has 4 aromatic carbocycles. The molecule has 18 atom stereocenters. The summed E-state index contributed by atoms with van der Waals surface area (Å²) in [6, 6.07) is 33.0. The van der Waals surface area contributed by atoms with Crippen LogP contribution in [0.2, 0.25) is 0 Å². The summed E-state index contributed by atoms with van der Waals surface area (Å²) >= 11 is 0. The van der Waals surface area contributed by atoms with Gasteiger partial charge in [0.1, 0.15) is 0 Å². The maximum atomic E-state index is 5.19. The van der Waals surface area contributed by atoms with E-state index in [9.17, 15) is 0 Å². The third-order valence-electron chi connectivity index (χ3n) is 22.4. The Labute approximate surface area is 422 Å². The van der Waals surface area contributed by atoms with Crippen LogP contribution in [0.1, 0.15) is 188 Å².